The lowest BCUT2D eigenvalue weighted by Gasteiger charge is -2.35. The minimum absolute atomic E-state index is 0.0398. The van der Waals surface area contributed by atoms with Crippen molar-refractivity contribution in [1.29, 1.82) is 0 Å². The molecule has 0 bridgehead atoms. The maximum atomic E-state index is 12.8. The molecule has 6 heterocycles. The Morgan fingerprint density at radius 1 is 0.459 bits per heavy atom. The van der Waals surface area contributed by atoms with Crippen molar-refractivity contribution >= 4 is 128 Å². The van der Waals surface area contributed by atoms with E-state index in [2.05, 4.69) is 124 Å². The maximum Gasteiger partial charge on any atom is 0.321 e. The van der Waals surface area contributed by atoms with Crippen molar-refractivity contribution in [3.8, 4) is 0 Å². The third-order valence-corrected chi connectivity index (χ3v) is 23.3. The number of carboxylic acid groups (broad SMARTS) is 4. The number of piperazine rings is 2. The number of carbonyl (C=O) groups excluding carboxylic acids is 6. The molecule has 2 saturated heterocycles. The van der Waals surface area contributed by atoms with Gasteiger partial charge >= 0.3 is 23.9 Å². The summed E-state index contributed by atoms with van der Waals surface area (Å²) in [6.45, 7) is 21.9. The number of aryl methyl sites for hydroxylation is 2. The molecule has 122 heavy (non-hydrogen) atoms. The third-order valence-electron chi connectivity index (χ3n) is 20.6. The molecule has 38 heteroatoms. The number of nitrogens with zero attached hydrogens (tertiary/aromatic N) is 10. The van der Waals surface area contributed by atoms with Gasteiger partial charge in [0, 0.05) is 174 Å². The number of benzene rings is 2. The average Bonchev–Trinajstić information content (AvgIpc) is 1.64. The second kappa shape index (κ2) is 54.1. The largest absolute Gasteiger partial charge is 0.481 e. The number of hydrogen-bond donors (Lipinski definition) is 12. The first kappa shape index (κ1) is 99.5. The molecule has 672 valence electrons. The van der Waals surface area contributed by atoms with Crippen LogP contribution in [0.15, 0.2) is 60.9 Å². The highest BCUT2D eigenvalue weighted by atomic mass is 32.2. The Hall–Kier alpha value is -9.64. The van der Waals surface area contributed by atoms with E-state index in [1.165, 1.54) is 33.4 Å². The number of carbonyl (C=O) groups is 10. The number of ketones is 2. The molecule has 4 amide bonds. The lowest BCUT2D eigenvalue weighted by atomic mass is 10.0. The molecule has 0 saturated carbocycles. The molecule has 0 radical (unpaired) electrons. The number of unbranched alkanes of at least 4 members (excludes halogenated alkanes) is 4. The monoisotopic (exact) mass is 1740 g/mol. The van der Waals surface area contributed by atoms with Crippen LogP contribution in [-0.4, -0.2) is 294 Å². The van der Waals surface area contributed by atoms with E-state index in [1.807, 2.05) is 34.3 Å². The zero-order valence-electron chi connectivity index (χ0n) is 70.9. The van der Waals surface area contributed by atoms with E-state index in [4.69, 9.17) is 57.2 Å². The molecule has 2 fully saturated rings. The fourth-order valence-corrected chi connectivity index (χ4v) is 15.7. The first-order chi connectivity index (χ1) is 58.7. The van der Waals surface area contributed by atoms with Gasteiger partial charge in [-0.05, 0) is 85.0 Å². The van der Waals surface area contributed by atoms with E-state index >= 15 is 0 Å². The van der Waals surface area contributed by atoms with Crippen molar-refractivity contribution in [3.63, 3.8) is 0 Å². The smallest absolute Gasteiger partial charge is 0.321 e. The molecule has 4 aromatic heterocycles. The van der Waals surface area contributed by atoms with E-state index in [1.54, 1.807) is 0 Å². The van der Waals surface area contributed by atoms with Gasteiger partial charge in [0.25, 0.3) is 0 Å². The van der Waals surface area contributed by atoms with E-state index in [-0.39, 0.29) is 92.0 Å². The van der Waals surface area contributed by atoms with Crippen molar-refractivity contribution in [3.05, 3.63) is 94.3 Å². The number of carboxylic acids is 4. The van der Waals surface area contributed by atoms with E-state index in [0.29, 0.717) is 118 Å². The Kier molecular flexibility index (Phi) is 44.1. The van der Waals surface area contributed by atoms with Gasteiger partial charge in [-0.1, -0.05) is 75.9 Å². The quantitative estimate of drug-likeness (QED) is 0.0202. The first-order valence-corrected chi connectivity index (χ1v) is 44.2. The van der Waals surface area contributed by atoms with Crippen LogP contribution in [0.5, 0.6) is 0 Å². The molecule has 2 aromatic carbocycles. The van der Waals surface area contributed by atoms with Crippen LogP contribution in [0.2, 0.25) is 0 Å². The summed E-state index contributed by atoms with van der Waals surface area (Å²) >= 11 is 1.64. The number of nitrogens with one attached hydrogen (secondary N) is 4. The Balaban J connectivity index is 0.000000336. The second-order valence-corrected chi connectivity index (χ2v) is 32.8. The van der Waals surface area contributed by atoms with Gasteiger partial charge in [0.05, 0.1) is 75.2 Å². The van der Waals surface area contributed by atoms with Gasteiger partial charge in [0.2, 0.25) is 35.5 Å². The van der Waals surface area contributed by atoms with Gasteiger partial charge in [-0.2, -0.15) is 9.97 Å². The SMILES string of the molecule is CCCCCNc1nc(N)nc2ccn(Cc3ccc(CN4CCN(C(=O)CCOCCOCCCC(=O)CCNC(=O)C(CC(=O)O)SC[C@H](N)C(=O)O)CC4)cc3C)c12.CCCCCNc1nc(N)nc2ccn(Cc3ccc(CN4CCN(C(=O)CCOCCOCCCC(=O)CCNC(=O)CC(SC[C@H](N)C(=O)O)C(=O)O)CC4)cc3C)c12. The van der Waals surface area contributed by atoms with Crippen LogP contribution >= 0.6 is 23.5 Å². The van der Waals surface area contributed by atoms with Crippen LogP contribution in [0.4, 0.5) is 23.5 Å². The van der Waals surface area contributed by atoms with Crippen LogP contribution < -0.4 is 44.2 Å². The predicted molar refractivity (Wildman–Crippen MR) is 469 cm³/mol. The summed E-state index contributed by atoms with van der Waals surface area (Å²) in [6, 6.07) is 14.8. The molecule has 36 nitrogen and oxygen atoms in total. The number of fused-ring (bicyclic) bond motifs is 2. The van der Waals surface area contributed by atoms with Crippen molar-refractivity contribution in [2.75, 3.05) is 165 Å². The van der Waals surface area contributed by atoms with Gasteiger partial charge in [-0.3, -0.25) is 57.7 Å². The Labute approximate surface area is 721 Å². The van der Waals surface area contributed by atoms with Crippen molar-refractivity contribution < 1.29 is 87.3 Å². The molecular weight excluding hydrogens is 1610 g/mol. The number of aromatic nitrogens is 6. The van der Waals surface area contributed by atoms with Crippen LogP contribution in [0.1, 0.15) is 150 Å². The number of aliphatic carboxylic acids is 4. The highest BCUT2D eigenvalue weighted by Crippen LogP contribution is 2.28. The average molecular weight is 1740 g/mol. The van der Waals surface area contributed by atoms with Gasteiger partial charge in [0.15, 0.2) is 11.6 Å². The van der Waals surface area contributed by atoms with Gasteiger partial charge < -0.3 is 103 Å². The molecule has 4 atom stereocenters. The molecule has 8 rings (SSSR count). The summed E-state index contributed by atoms with van der Waals surface area (Å²) in [5, 5.41) is 46.0. The number of nitrogens with two attached hydrogens (primary N) is 4. The van der Waals surface area contributed by atoms with Gasteiger partial charge in [-0.25, -0.2) is 9.97 Å². The van der Waals surface area contributed by atoms with E-state index in [0.717, 1.165) is 148 Å². The standard InChI is InChI=1S/2C42H63N9O9S/c1-3-4-5-13-46-39-38-34(47-42(44)48-39)11-15-51(38)27-31-9-8-30(24-29(31)2)26-49-16-18-50(19-17-49)37(54)12-21-60-23-22-59-20-6-7-32(52)10-14-45-36(53)25-35(41(57)58)61-28-33(43)40(55)56;1-3-4-5-13-45-39-38-34(47-42(44)48-39)11-15-51(38)27-31-9-8-30(24-29(31)2)26-49-16-18-50(19-17-49)36(53)12-21-60-23-22-59-20-6-7-32(52)10-14-46-40(56)35(25-37(54)55)61-28-33(43)41(57)58/h8-9,11,15,24,33,35H,3-7,10,12-14,16-23,25-28,43H2,1-2H3,(H,45,53)(H,55,56)(H,57,58)(H3,44,46,47,48);8-9,11,15,24,33,35H,3-7,10,12-14,16-23,25-28,43H2,1-2H3,(H,46,56)(H,54,55)(H,57,58)(H3,44,45,47,48)/t2*33-,35?/m00/s1. The molecule has 6 aromatic rings. The van der Waals surface area contributed by atoms with Crippen LogP contribution in [0.25, 0.3) is 22.1 Å². The molecule has 0 aliphatic carbocycles. The number of Topliss-reactive ketones (excluding diaryl/α,β-unsaturated/α-hetero) is 2. The van der Waals surface area contributed by atoms with Crippen molar-refractivity contribution in [2.24, 2.45) is 11.5 Å². The molecule has 2 aliphatic rings. The fourth-order valence-electron chi connectivity index (χ4n) is 13.7. The minimum Gasteiger partial charge on any atom is -0.481 e. The number of hydrogen-bond acceptors (Lipinski definition) is 28. The molecule has 2 aliphatic heterocycles. The van der Waals surface area contributed by atoms with Crippen LogP contribution in [-0.2, 0) is 93.1 Å². The predicted octanol–water partition coefficient (Wildman–Crippen LogP) is 5.77. The second-order valence-electron chi connectivity index (χ2n) is 30.4. The highest BCUT2D eigenvalue weighted by molar-refractivity contribution is 8.00. The maximum absolute atomic E-state index is 12.8. The molecule has 16 N–H and O–H groups in total. The molecule has 0 spiro atoms. The number of nitrogen functional groups attached to an aromatic ring is 2. The summed E-state index contributed by atoms with van der Waals surface area (Å²) in [5.74, 6) is -4.30. The first-order valence-electron chi connectivity index (χ1n) is 42.1. The summed E-state index contributed by atoms with van der Waals surface area (Å²) in [4.78, 5) is 145. The molecular formula is C84H126N18O18S2. The fraction of sp³-hybridized carbons (Fsp3) is 0.595. The lowest BCUT2D eigenvalue weighted by Crippen LogP contribution is -2.48. The van der Waals surface area contributed by atoms with E-state index in [9.17, 15) is 53.1 Å². The topological polar surface area (TPSA) is 515 Å². The van der Waals surface area contributed by atoms with Gasteiger partial charge in [0.1, 0.15) is 39.9 Å². The number of ether oxygens (including phenoxy) is 4. The normalized spacial score (nSPS) is 14.2. The summed E-state index contributed by atoms with van der Waals surface area (Å²) in [5.41, 5.74) is 33.8. The summed E-state index contributed by atoms with van der Waals surface area (Å²) in [7, 11) is 0. The number of rotatable bonds is 58. The highest BCUT2D eigenvalue weighted by Gasteiger charge is 2.29. The van der Waals surface area contributed by atoms with E-state index < -0.39 is 64.7 Å². The third kappa shape index (κ3) is 35.7. The number of thioether (sulfide) groups is 2. The van der Waals surface area contributed by atoms with Crippen LogP contribution in [0, 0.1) is 13.8 Å². The minimum atomic E-state index is -1.25. The Morgan fingerprint density at radius 2 is 0.877 bits per heavy atom. The summed E-state index contributed by atoms with van der Waals surface area (Å²) < 4.78 is 26.7. The molecule has 2 unspecified atom stereocenters. The lowest BCUT2D eigenvalue weighted by molar-refractivity contribution is -0.139. The van der Waals surface area contributed by atoms with Crippen molar-refractivity contribution in [1.82, 2.24) is 59.3 Å². The number of anilines is 4. The zero-order valence-corrected chi connectivity index (χ0v) is 72.5. The zero-order chi connectivity index (χ0) is 88.3. The Morgan fingerprint density at radius 3 is 1.28 bits per heavy atom. The Bertz CT molecular complexity index is 4350. The van der Waals surface area contributed by atoms with Crippen molar-refractivity contribution in [2.45, 2.75) is 179 Å². The van der Waals surface area contributed by atoms with Gasteiger partial charge in [-0.15, -0.1) is 23.5 Å². The van der Waals surface area contributed by atoms with Crippen LogP contribution in [0.3, 0.4) is 0 Å². The number of amides is 4. The summed E-state index contributed by atoms with van der Waals surface area (Å²) in [6.07, 6.45) is 12.2.